The lowest BCUT2D eigenvalue weighted by molar-refractivity contribution is -0.122. The van der Waals surface area contributed by atoms with Gasteiger partial charge in [-0.05, 0) is 56.2 Å². The van der Waals surface area contributed by atoms with E-state index in [1.807, 2.05) is 49.4 Å². The van der Waals surface area contributed by atoms with Gasteiger partial charge in [0.15, 0.2) is 0 Å². The topological polar surface area (TPSA) is 104 Å². The summed E-state index contributed by atoms with van der Waals surface area (Å²) in [5.41, 5.74) is 3.04. The standard InChI is InChI=1S/C27H31N5O3S/c1-19-9-11-22(12-10-19)29-24(34)25-30-31-26(36-25)27(35)32-16-13-21(14-17-32)18-23(33)28-15-5-8-20-6-3-2-4-7-20/h2-4,6-7,9-12,21H,5,8,13-18H2,1H3,(H,28,33)(H,29,34). The maximum atomic E-state index is 12.9. The number of nitrogens with one attached hydrogen (secondary N) is 2. The van der Waals surface area contributed by atoms with Gasteiger partial charge in [-0.2, -0.15) is 0 Å². The predicted octanol–water partition coefficient (Wildman–Crippen LogP) is 4.09. The maximum absolute atomic E-state index is 12.9. The van der Waals surface area contributed by atoms with Crippen LogP contribution in [-0.4, -0.2) is 52.5 Å². The van der Waals surface area contributed by atoms with Crippen molar-refractivity contribution in [3.05, 3.63) is 75.7 Å². The Kier molecular flexibility index (Phi) is 8.78. The van der Waals surface area contributed by atoms with E-state index in [9.17, 15) is 14.4 Å². The average molecular weight is 506 g/mol. The van der Waals surface area contributed by atoms with Crippen molar-refractivity contribution in [1.82, 2.24) is 20.4 Å². The molecule has 3 amide bonds. The van der Waals surface area contributed by atoms with Crippen molar-refractivity contribution in [3.63, 3.8) is 0 Å². The zero-order chi connectivity index (χ0) is 25.3. The first-order valence-corrected chi connectivity index (χ1v) is 13.1. The summed E-state index contributed by atoms with van der Waals surface area (Å²) in [5.74, 6) is -0.274. The van der Waals surface area contributed by atoms with E-state index in [0.717, 1.165) is 42.6 Å². The summed E-state index contributed by atoms with van der Waals surface area (Å²) >= 11 is 0.997. The van der Waals surface area contributed by atoms with E-state index in [1.54, 1.807) is 4.90 Å². The van der Waals surface area contributed by atoms with Crippen molar-refractivity contribution >= 4 is 34.7 Å². The molecule has 1 saturated heterocycles. The van der Waals surface area contributed by atoms with E-state index in [-0.39, 0.29) is 33.7 Å². The number of aryl methyl sites for hydroxylation is 2. The van der Waals surface area contributed by atoms with Crippen LogP contribution in [0.25, 0.3) is 0 Å². The Hall–Kier alpha value is -3.59. The lowest BCUT2D eigenvalue weighted by Crippen LogP contribution is -2.39. The number of rotatable bonds is 9. The summed E-state index contributed by atoms with van der Waals surface area (Å²) in [5, 5.41) is 14.0. The van der Waals surface area contributed by atoms with Crippen LogP contribution in [0.15, 0.2) is 54.6 Å². The Balaban J connectivity index is 1.17. The van der Waals surface area contributed by atoms with Gasteiger partial charge in [0.2, 0.25) is 15.9 Å². The number of likely N-dealkylation sites (tertiary alicyclic amines) is 1. The fourth-order valence-corrected chi connectivity index (χ4v) is 4.90. The molecule has 36 heavy (non-hydrogen) atoms. The third-order valence-electron chi connectivity index (χ3n) is 6.29. The summed E-state index contributed by atoms with van der Waals surface area (Å²) in [6.45, 7) is 3.77. The van der Waals surface area contributed by atoms with Crippen LogP contribution in [0, 0.1) is 12.8 Å². The number of anilines is 1. The molecular formula is C27H31N5O3S. The van der Waals surface area contributed by atoms with Gasteiger partial charge < -0.3 is 15.5 Å². The van der Waals surface area contributed by atoms with Crippen molar-refractivity contribution in [3.8, 4) is 0 Å². The van der Waals surface area contributed by atoms with E-state index in [4.69, 9.17) is 0 Å². The highest BCUT2D eigenvalue weighted by atomic mass is 32.1. The second-order valence-corrected chi connectivity index (χ2v) is 10.1. The second-order valence-electron chi connectivity index (χ2n) is 9.11. The molecule has 0 bridgehead atoms. The average Bonchev–Trinajstić information content (AvgIpc) is 3.39. The van der Waals surface area contributed by atoms with Crippen LogP contribution >= 0.6 is 11.3 Å². The molecule has 0 atom stereocenters. The van der Waals surface area contributed by atoms with Crippen LogP contribution < -0.4 is 10.6 Å². The Morgan fingerprint density at radius 1 is 0.972 bits per heavy atom. The summed E-state index contributed by atoms with van der Waals surface area (Å²) in [6.07, 6.45) is 3.87. The van der Waals surface area contributed by atoms with Gasteiger partial charge in [-0.15, -0.1) is 10.2 Å². The summed E-state index contributed by atoms with van der Waals surface area (Å²) in [7, 11) is 0. The number of hydrogen-bond acceptors (Lipinski definition) is 6. The molecule has 0 spiro atoms. The van der Waals surface area contributed by atoms with Crippen LogP contribution in [0.2, 0.25) is 0 Å². The Morgan fingerprint density at radius 2 is 1.67 bits per heavy atom. The molecule has 1 fully saturated rings. The smallest absolute Gasteiger partial charge is 0.286 e. The van der Waals surface area contributed by atoms with Crippen molar-refractivity contribution in [2.24, 2.45) is 5.92 Å². The van der Waals surface area contributed by atoms with Gasteiger partial charge in [-0.1, -0.05) is 59.4 Å². The van der Waals surface area contributed by atoms with Crippen LogP contribution in [0.4, 0.5) is 5.69 Å². The summed E-state index contributed by atoms with van der Waals surface area (Å²) in [4.78, 5) is 39.4. The Labute approximate surface area is 215 Å². The van der Waals surface area contributed by atoms with E-state index in [0.29, 0.717) is 31.7 Å². The molecule has 1 aliphatic heterocycles. The minimum Gasteiger partial charge on any atom is -0.356 e. The number of hydrogen-bond donors (Lipinski definition) is 2. The van der Waals surface area contributed by atoms with Crippen molar-refractivity contribution < 1.29 is 14.4 Å². The highest BCUT2D eigenvalue weighted by molar-refractivity contribution is 7.15. The fraction of sp³-hybridized carbons (Fsp3) is 0.370. The highest BCUT2D eigenvalue weighted by Crippen LogP contribution is 2.23. The summed E-state index contributed by atoms with van der Waals surface area (Å²) in [6, 6.07) is 17.7. The zero-order valence-corrected chi connectivity index (χ0v) is 21.2. The maximum Gasteiger partial charge on any atom is 0.286 e. The lowest BCUT2D eigenvalue weighted by Gasteiger charge is -2.31. The van der Waals surface area contributed by atoms with Crippen LogP contribution in [-0.2, 0) is 11.2 Å². The number of carbonyl (C=O) groups is 3. The number of piperidine rings is 1. The summed E-state index contributed by atoms with van der Waals surface area (Å²) < 4.78 is 0. The van der Waals surface area contributed by atoms with Crippen LogP contribution in [0.5, 0.6) is 0 Å². The molecule has 0 saturated carbocycles. The van der Waals surface area contributed by atoms with Gasteiger partial charge >= 0.3 is 0 Å². The van der Waals surface area contributed by atoms with E-state index < -0.39 is 0 Å². The van der Waals surface area contributed by atoms with Crippen LogP contribution in [0.3, 0.4) is 0 Å². The SMILES string of the molecule is Cc1ccc(NC(=O)c2nnc(C(=O)N3CCC(CC(=O)NCCCc4ccccc4)CC3)s2)cc1. The molecule has 0 radical (unpaired) electrons. The second kappa shape index (κ2) is 12.4. The molecule has 3 aromatic rings. The molecule has 4 rings (SSSR count). The van der Waals surface area contributed by atoms with Gasteiger partial charge in [0.1, 0.15) is 0 Å². The first-order chi connectivity index (χ1) is 17.5. The molecule has 188 valence electrons. The molecule has 1 aliphatic rings. The molecule has 0 aliphatic carbocycles. The number of aromatic nitrogens is 2. The van der Waals surface area contributed by atoms with Gasteiger partial charge in [0.05, 0.1) is 0 Å². The lowest BCUT2D eigenvalue weighted by atomic mass is 9.93. The van der Waals surface area contributed by atoms with Gasteiger partial charge in [0, 0.05) is 31.7 Å². The third-order valence-corrected chi connectivity index (χ3v) is 7.20. The van der Waals surface area contributed by atoms with E-state index in [1.165, 1.54) is 5.56 Å². The highest BCUT2D eigenvalue weighted by Gasteiger charge is 2.27. The minimum atomic E-state index is -0.385. The van der Waals surface area contributed by atoms with E-state index >= 15 is 0 Å². The largest absolute Gasteiger partial charge is 0.356 e. The normalized spacial score (nSPS) is 13.9. The predicted molar refractivity (Wildman–Crippen MR) is 140 cm³/mol. The van der Waals surface area contributed by atoms with Gasteiger partial charge in [0.25, 0.3) is 11.8 Å². The minimum absolute atomic E-state index is 0.0705. The van der Waals surface area contributed by atoms with Gasteiger partial charge in [-0.25, -0.2) is 0 Å². The number of carbonyl (C=O) groups excluding carboxylic acids is 3. The first-order valence-electron chi connectivity index (χ1n) is 12.3. The molecule has 2 heterocycles. The molecule has 2 N–H and O–H groups in total. The van der Waals surface area contributed by atoms with Gasteiger partial charge in [-0.3, -0.25) is 14.4 Å². The first kappa shape index (κ1) is 25.5. The number of nitrogens with zero attached hydrogens (tertiary/aromatic N) is 3. The molecule has 9 heteroatoms. The van der Waals surface area contributed by atoms with Crippen LogP contribution in [0.1, 0.15) is 56.4 Å². The van der Waals surface area contributed by atoms with Crippen molar-refractivity contribution in [2.75, 3.05) is 25.0 Å². The molecular weight excluding hydrogens is 474 g/mol. The number of amides is 3. The third kappa shape index (κ3) is 7.21. The molecule has 1 aromatic heterocycles. The molecule has 8 nitrogen and oxygen atoms in total. The Bertz CT molecular complexity index is 1170. The van der Waals surface area contributed by atoms with Crippen molar-refractivity contribution in [2.45, 2.75) is 39.0 Å². The molecule has 2 aromatic carbocycles. The monoisotopic (exact) mass is 505 g/mol. The van der Waals surface area contributed by atoms with Crippen molar-refractivity contribution in [1.29, 1.82) is 0 Å². The number of benzene rings is 2. The molecule has 0 unspecified atom stereocenters. The quantitative estimate of drug-likeness (QED) is 0.426. The van der Waals surface area contributed by atoms with E-state index in [2.05, 4.69) is 33.0 Å². The Morgan fingerprint density at radius 3 is 2.39 bits per heavy atom. The zero-order valence-electron chi connectivity index (χ0n) is 20.4. The fourth-order valence-electron chi connectivity index (χ4n) is 4.20.